The average Bonchev–Trinajstić information content (AvgIpc) is 2.42. The molecule has 0 atom stereocenters. The topological polar surface area (TPSA) is 67.8 Å². The number of carboxylic acids is 1. The van der Waals surface area contributed by atoms with Crippen molar-refractivity contribution >= 4 is 11.7 Å². The Labute approximate surface area is 113 Å². The number of aromatic carboxylic acids is 1. The van der Waals surface area contributed by atoms with Crippen LogP contribution in [-0.4, -0.2) is 44.6 Å². The number of unbranched alkanes of at least 4 members (excludes halogenated alkanes) is 1. The van der Waals surface area contributed by atoms with Gasteiger partial charge in [0.05, 0.1) is 18.8 Å². The van der Waals surface area contributed by atoms with Crippen LogP contribution in [0.3, 0.4) is 0 Å². The van der Waals surface area contributed by atoms with Gasteiger partial charge in [-0.15, -0.1) is 0 Å². The molecule has 0 aliphatic rings. The van der Waals surface area contributed by atoms with Crippen LogP contribution in [0.2, 0.25) is 0 Å². The van der Waals surface area contributed by atoms with Gasteiger partial charge in [0.15, 0.2) is 0 Å². The largest absolute Gasteiger partial charge is 0.478 e. The van der Waals surface area contributed by atoms with Crippen LogP contribution in [0.15, 0.2) is 24.3 Å². The first-order valence-corrected chi connectivity index (χ1v) is 6.38. The van der Waals surface area contributed by atoms with Gasteiger partial charge in [0.1, 0.15) is 0 Å². The quantitative estimate of drug-likeness (QED) is 0.636. The summed E-state index contributed by atoms with van der Waals surface area (Å²) >= 11 is 0. The fourth-order valence-corrected chi connectivity index (χ4v) is 1.62. The van der Waals surface area contributed by atoms with Crippen LogP contribution in [0, 0.1) is 0 Å². The van der Waals surface area contributed by atoms with Gasteiger partial charge in [-0.2, -0.15) is 0 Å². The van der Waals surface area contributed by atoms with E-state index in [9.17, 15) is 4.79 Å². The molecule has 0 heterocycles. The zero-order valence-electron chi connectivity index (χ0n) is 11.2. The highest BCUT2D eigenvalue weighted by Gasteiger charge is 2.07. The Morgan fingerprint density at radius 2 is 2.00 bits per heavy atom. The zero-order valence-corrected chi connectivity index (χ0v) is 11.2. The zero-order chi connectivity index (χ0) is 13.9. The molecule has 1 rings (SSSR count). The number of methoxy groups -OCH3 is 1. The number of carbonyl (C=O) groups is 1. The summed E-state index contributed by atoms with van der Waals surface area (Å²) in [6, 6.07) is 6.91. The van der Waals surface area contributed by atoms with Gasteiger partial charge in [-0.05, 0) is 25.0 Å². The van der Waals surface area contributed by atoms with Gasteiger partial charge in [-0.3, -0.25) is 0 Å². The van der Waals surface area contributed by atoms with E-state index in [1.165, 1.54) is 0 Å². The Hall–Kier alpha value is -1.59. The third-order valence-electron chi connectivity index (χ3n) is 2.62. The van der Waals surface area contributed by atoms with E-state index in [0.717, 1.165) is 19.4 Å². The van der Waals surface area contributed by atoms with E-state index in [4.69, 9.17) is 14.6 Å². The molecule has 1 aromatic carbocycles. The van der Waals surface area contributed by atoms with Crippen molar-refractivity contribution in [2.45, 2.75) is 12.8 Å². The molecule has 0 fully saturated rings. The molecule has 19 heavy (non-hydrogen) atoms. The maximum Gasteiger partial charge on any atom is 0.337 e. The van der Waals surface area contributed by atoms with Crippen LogP contribution in [0.25, 0.3) is 0 Å². The molecule has 106 valence electrons. The fraction of sp³-hybridized carbons (Fsp3) is 0.500. The molecule has 5 nitrogen and oxygen atoms in total. The monoisotopic (exact) mass is 267 g/mol. The van der Waals surface area contributed by atoms with Crippen molar-refractivity contribution in [1.29, 1.82) is 0 Å². The van der Waals surface area contributed by atoms with E-state index in [1.807, 2.05) is 6.07 Å². The fourth-order valence-electron chi connectivity index (χ4n) is 1.62. The summed E-state index contributed by atoms with van der Waals surface area (Å²) in [7, 11) is 1.65. The predicted molar refractivity (Wildman–Crippen MR) is 73.8 cm³/mol. The van der Waals surface area contributed by atoms with Crippen LogP contribution < -0.4 is 5.32 Å². The van der Waals surface area contributed by atoms with E-state index in [1.54, 1.807) is 25.3 Å². The smallest absolute Gasteiger partial charge is 0.337 e. The normalized spacial score (nSPS) is 10.4. The first-order chi connectivity index (χ1) is 9.25. The Balaban J connectivity index is 2.17. The van der Waals surface area contributed by atoms with Crippen molar-refractivity contribution in [2.75, 3.05) is 38.8 Å². The van der Waals surface area contributed by atoms with E-state index < -0.39 is 5.97 Å². The molecule has 0 aliphatic heterocycles. The number of rotatable bonds is 10. The number of nitrogens with one attached hydrogen (secondary N) is 1. The minimum absolute atomic E-state index is 0.304. The van der Waals surface area contributed by atoms with Crippen molar-refractivity contribution in [1.82, 2.24) is 0 Å². The van der Waals surface area contributed by atoms with Crippen molar-refractivity contribution in [3.05, 3.63) is 29.8 Å². The van der Waals surface area contributed by atoms with E-state index >= 15 is 0 Å². The van der Waals surface area contributed by atoms with Crippen molar-refractivity contribution in [3.63, 3.8) is 0 Å². The SMILES string of the molecule is COCCOCCCCNc1ccccc1C(=O)O. The summed E-state index contributed by atoms with van der Waals surface area (Å²) in [5, 5.41) is 12.2. The van der Waals surface area contributed by atoms with Gasteiger partial charge in [0.25, 0.3) is 0 Å². The average molecular weight is 267 g/mol. The molecule has 0 unspecified atom stereocenters. The van der Waals surface area contributed by atoms with Gasteiger partial charge in [-0.1, -0.05) is 12.1 Å². The van der Waals surface area contributed by atoms with E-state index in [0.29, 0.717) is 31.1 Å². The van der Waals surface area contributed by atoms with E-state index in [2.05, 4.69) is 5.32 Å². The van der Waals surface area contributed by atoms with Gasteiger partial charge in [0, 0.05) is 25.9 Å². The summed E-state index contributed by atoms with van der Waals surface area (Å²) in [5.74, 6) is -0.911. The van der Waals surface area contributed by atoms with Gasteiger partial charge in [-0.25, -0.2) is 4.79 Å². The van der Waals surface area contributed by atoms with Crippen molar-refractivity contribution in [2.24, 2.45) is 0 Å². The van der Waals surface area contributed by atoms with Gasteiger partial charge < -0.3 is 19.9 Å². The Morgan fingerprint density at radius 3 is 2.74 bits per heavy atom. The Morgan fingerprint density at radius 1 is 1.21 bits per heavy atom. The second kappa shape index (κ2) is 9.35. The molecule has 0 aliphatic carbocycles. The third kappa shape index (κ3) is 6.22. The van der Waals surface area contributed by atoms with Crippen molar-refractivity contribution < 1.29 is 19.4 Å². The third-order valence-corrected chi connectivity index (χ3v) is 2.62. The standard InChI is InChI=1S/C14H21NO4/c1-18-10-11-19-9-5-4-8-15-13-7-3-2-6-12(13)14(16)17/h2-3,6-7,15H,4-5,8-11H2,1H3,(H,16,17). The Kier molecular flexibility index (Phi) is 7.62. The van der Waals surface area contributed by atoms with Crippen LogP contribution in [0.5, 0.6) is 0 Å². The molecule has 0 spiro atoms. The highest BCUT2D eigenvalue weighted by Crippen LogP contribution is 2.14. The number of benzene rings is 1. The lowest BCUT2D eigenvalue weighted by Gasteiger charge is -2.09. The van der Waals surface area contributed by atoms with Gasteiger partial charge in [0.2, 0.25) is 0 Å². The highest BCUT2D eigenvalue weighted by molar-refractivity contribution is 5.94. The van der Waals surface area contributed by atoms with Crippen LogP contribution >= 0.6 is 0 Å². The number of carboxylic acid groups (broad SMARTS) is 1. The summed E-state index contributed by atoms with van der Waals surface area (Å²) in [6.07, 6.45) is 1.87. The number of anilines is 1. The number of hydrogen-bond acceptors (Lipinski definition) is 4. The first-order valence-electron chi connectivity index (χ1n) is 6.38. The predicted octanol–water partition coefficient (Wildman–Crippen LogP) is 2.24. The number of para-hydroxylation sites is 1. The molecular weight excluding hydrogens is 246 g/mol. The molecule has 5 heteroatoms. The minimum Gasteiger partial charge on any atom is -0.478 e. The lowest BCUT2D eigenvalue weighted by atomic mass is 10.2. The van der Waals surface area contributed by atoms with Gasteiger partial charge >= 0.3 is 5.97 Å². The highest BCUT2D eigenvalue weighted by atomic mass is 16.5. The second-order valence-corrected chi connectivity index (χ2v) is 4.09. The molecule has 0 saturated heterocycles. The van der Waals surface area contributed by atoms with Crippen LogP contribution in [-0.2, 0) is 9.47 Å². The molecule has 1 aromatic rings. The second-order valence-electron chi connectivity index (χ2n) is 4.09. The Bertz CT molecular complexity index is 381. The van der Waals surface area contributed by atoms with Crippen LogP contribution in [0.1, 0.15) is 23.2 Å². The number of hydrogen-bond donors (Lipinski definition) is 2. The minimum atomic E-state index is -0.911. The molecule has 0 aromatic heterocycles. The van der Waals surface area contributed by atoms with Crippen molar-refractivity contribution in [3.8, 4) is 0 Å². The summed E-state index contributed by atoms with van der Waals surface area (Å²) < 4.78 is 10.2. The first kappa shape index (κ1) is 15.5. The lowest BCUT2D eigenvalue weighted by molar-refractivity contribution is 0.0690. The molecule has 2 N–H and O–H groups in total. The van der Waals surface area contributed by atoms with E-state index in [-0.39, 0.29) is 0 Å². The lowest BCUT2D eigenvalue weighted by Crippen LogP contribution is -2.09. The molecule has 0 radical (unpaired) electrons. The summed E-state index contributed by atoms with van der Waals surface area (Å²) in [4.78, 5) is 11.0. The number of ether oxygens (including phenoxy) is 2. The summed E-state index contributed by atoms with van der Waals surface area (Å²) in [6.45, 7) is 2.67. The maximum atomic E-state index is 11.0. The molecule has 0 bridgehead atoms. The maximum absolute atomic E-state index is 11.0. The molecule has 0 saturated carbocycles. The summed E-state index contributed by atoms with van der Waals surface area (Å²) in [5.41, 5.74) is 0.967. The molecular formula is C14H21NO4. The van der Waals surface area contributed by atoms with Crippen LogP contribution in [0.4, 0.5) is 5.69 Å². The molecule has 0 amide bonds.